The number of hydrogen-bond donors (Lipinski definition) is 5. The number of nitrogens with one attached hydrogen (secondary N) is 4. The first kappa shape index (κ1) is 103. The Bertz CT molecular complexity index is 7430. The highest BCUT2D eigenvalue weighted by Crippen LogP contribution is 2.47. The highest BCUT2D eigenvalue weighted by Gasteiger charge is 2.32. The minimum absolute atomic E-state index is 0.0646. The lowest BCUT2D eigenvalue weighted by atomic mass is 10.0. The fraction of sp³-hybridized carbons (Fsp3) is 0.216. The number of rotatable bonds is 32. The first-order chi connectivity index (χ1) is 67.9. The molecule has 0 fully saturated rings. The molecule has 0 aliphatic rings. The van der Waals surface area contributed by atoms with E-state index in [1.54, 1.807) is 111 Å². The number of methoxy groups -OCH3 is 19. The standard InChI is InChI=1S/C23H22BrN5O7.C21H18N2O7.C18H17BrN2O5.C18H18N2O5.C17H15FN2O4/c1-27-17(25-10-18(27)29(31)32)11-28-21-13(6-7-14(33-2)19(21)24)20(26-28)22(30)12-8-15(34-3)23(36-5)16(9-12)35-4;1-27-14-7-5-13-18(12(14)6-8-17(24)25)22-23-19(13)20(26)11-9-15(28-2)21(30-4)16(10-11)29-3;1-23-11-6-5-10-15(14(11)19)20-21-16(10)17(22)9-7-12(24-2)18(26-4)13(8-9)25-3;1-22-11-5-6-13-12(9-11)16(20-19-13)17(21)10-7-14(23-2)18(25-4)15(8-10)24-3;1-22-13-6-9(7-14(23-2)17(13)24-3)16(21)15-11-8-10(18)4-5-12(11)19-20-15/h6-10H,11H2,1-5H3;5,7,9-10H,1-4H3,(H,22,23)(H,24,25);5-8H,1-4H3,(H,20,21);5-9H,1-4H3,(H,19,20);4-8H,1-3H3,(H,19,20). The summed E-state index contributed by atoms with van der Waals surface area (Å²) in [5.74, 6) is 9.14. The summed E-state index contributed by atoms with van der Waals surface area (Å²) in [4.78, 5) is 91.5. The van der Waals surface area contributed by atoms with Gasteiger partial charge in [-0.2, -0.15) is 25.5 Å². The Kier molecular flexibility index (Phi) is 33.1. The van der Waals surface area contributed by atoms with Crippen molar-refractivity contribution in [2.45, 2.75) is 6.54 Å². The molecule has 0 saturated carbocycles. The Morgan fingerprint density at radius 3 is 1.11 bits per heavy atom. The van der Waals surface area contributed by atoms with Crippen molar-refractivity contribution in [2.24, 2.45) is 7.05 Å². The molecular formula is C97H90Br2FN13O28. The van der Waals surface area contributed by atoms with Gasteiger partial charge in [0.2, 0.25) is 63.5 Å². The zero-order valence-electron chi connectivity index (χ0n) is 79.1. The number of nitrogens with zero attached hydrogens (tertiary/aromatic N) is 9. The molecule has 0 bridgehead atoms. The van der Waals surface area contributed by atoms with Gasteiger partial charge in [0.25, 0.3) is 0 Å². The molecule has 41 nitrogen and oxygen atoms in total. The van der Waals surface area contributed by atoms with Gasteiger partial charge in [0.15, 0.2) is 57.5 Å². The van der Waals surface area contributed by atoms with E-state index in [0.717, 1.165) is 5.52 Å². The van der Waals surface area contributed by atoms with Crippen molar-refractivity contribution >= 4 is 127 Å². The van der Waals surface area contributed by atoms with E-state index in [0.29, 0.717) is 201 Å². The highest BCUT2D eigenvalue weighted by atomic mass is 79.9. The number of hydrogen-bond acceptors (Lipinski definition) is 33. The Morgan fingerprint density at radius 1 is 0.390 bits per heavy atom. The molecule has 0 aliphatic heterocycles. The SMILES string of the molecule is COc1cc(C(=O)c2[nH]nc3c(Br)c(OC)ccc23)cc(OC)c1OC.COc1cc(C(=O)c2[nH]nc3c(C#CC(=O)O)c(OC)ccc23)cc(OC)c1OC.COc1cc(C(=O)c2n[nH]c3ccc(F)cc23)cc(OC)c1OC.COc1cc(C(=O)c2nn(Cc3ncc([N+](=O)[O-])n3C)c3c(Br)c(OC)ccc23)cc(OC)c1OC.COc1ccc2[nH]nc(C(=O)c3cc(OC)c(OC)c(OC)c3)c2c1. The number of aromatic amines is 4. The van der Waals surface area contributed by atoms with Crippen molar-refractivity contribution in [2.75, 3.05) is 135 Å². The van der Waals surface area contributed by atoms with Gasteiger partial charge in [-0.25, -0.2) is 18.7 Å². The van der Waals surface area contributed by atoms with Crippen LogP contribution >= 0.6 is 31.9 Å². The smallest absolute Gasteiger partial charge is 0.382 e. The van der Waals surface area contributed by atoms with Gasteiger partial charge in [-0.1, -0.05) is 0 Å². The maximum atomic E-state index is 13.7. The van der Waals surface area contributed by atoms with Crippen LogP contribution in [0.15, 0.2) is 149 Å². The third-order valence-corrected chi connectivity index (χ3v) is 23.2. The van der Waals surface area contributed by atoms with Crippen molar-refractivity contribution in [3.63, 3.8) is 0 Å². The van der Waals surface area contributed by atoms with Gasteiger partial charge in [-0.05, 0) is 176 Å². The molecule has 0 saturated heterocycles. The summed E-state index contributed by atoms with van der Waals surface area (Å²) in [5.41, 5.74) is 5.83. The molecule has 16 rings (SSSR count). The quantitative estimate of drug-likeness (QED) is 0.0113. The largest absolute Gasteiger partial charge is 0.497 e. The second-order valence-corrected chi connectivity index (χ2v) is 30.6. The maximum absolute atomic E-state index is 13.7. The number of ketones is 5. The van der Waals surface area contributed by atoms with Gasteiger partial charge < -0.3 is 105 Å². The Hall–Kier alpha value is -17.4. The molecule has 16 aromatic rings. The van der Waals surface area contributed by atoms with Crippen molar-refractivity contribution in [3.05, 3.63) is 232 Å². The number of nitro groups is 1. The van der Waals surface area contributed by atoms with Crippen LogP contribution in [-0.2, 0) is 18.4 Å². The number of aliphatic carboxylic acids is 1. The molecule has 141 heavy (non-hydrogen) atoms. The predicted molar refractivity (Wildman–Crippen MR) is 517 cm³/mol. The molecule has 0 unspecified atom stereocenters. The summed E-state index contributed by atoms with van der Waals surface area (Å²) in [5, 5.41) is 55.2. The Morgan fingerprint density at radius 2 is 0.738 bits per heavy atom. The normalized spacial score (nSPS) is 10.6. The zero-order valence-corrected chi connectivity index (χ0v) is 82.3. The lowest BCUT2D eigenvalue weighted by molar-refractivity contribution is -0.391. The molecule has 0 radical (unpaired) electrons. The molecule has 0 spiro atoms. The third kappa shape index (κ3) is 21.0. The molecule has 44 heteroatoms. The molecule has 6 aromatic heterocycles. The number of benzene rings is 10. The number of halogens is 3. The van der Waals surface area contributed by atoms with E-state index in [1.165, 1.54) is 174 Å². The molecule has 0 amide bonds. The minimum Gasteiger partial charge on any atom is -0.497 e. The molecule has 5 N–H and O–H groups in total. The van der Waals surface area contributed by atoms with Crippen molar-refractivity contribution in [3.8, 4) is 121 Å². The van der Waals surface area contributed by atoms with E-state index in [4.69, 9.17) is 95.1 Å². The highest BCUT2D eigenvalue weighted by molar-refractivity contribution is 9.11. The lowest BCUT2D eigenvalue weighted by Gasteiger charge is -2.13. The van der Waals surface area contributed by atoms with E-state index in [9.17, 15) is 43.3 Å². The lowest BCUT2D eigenvalue weighted by Crippen LogP contribution is -2.10. The van der Waals surface area contributed by atoms with Crippen LogP contribution < -0.4 is 90.0 Å². The topological polar surface area (TPSA) is 492 Å². The molecule has 732 valence electrons. The van der Waals surface area contributed by atoms with Gasteiger partial charge >= 0.3 is 11.8 Å². The molecule has 0 atom stereocenters. The van der Waals surface area contributed by atoms with Crippen molar-refractivity contribution in [1.29, 1.82) is 0 Å². The Labute approximate surface area is 817 Å². The second kappa shape index (κ2) is 45.5. The van der Waals surface area contributed by atoms with Crippen LogP contribution in [0.2, 0.25) is 0 Å². The first-order valence-electron chi connectivity index (χ1n) is 41.2. The van der Waals surface area contributed by atoms with Crippen molar-refractivity contribution in [1.82, 2.24) is 60.1 Å². The van der Waals surface area contributed by atoms with Gasteiger partial charge in [0, 0.05) is 60.7 Å². The van der Waals surface area contributed by atoms with Gasteiger partial charge in [-0.3, -0.25) is 49.0 Å². The number of carbonyl (C=O) groups excluding carboxylic acids is 5. The van der Waals surface area contributed by atoms with E-state index >= 15 is 0 Å². The number of aromatic nitrogens is 12. The van der Waals surface area contributed by atoms with Gasteiger partial charge in [0.1, 0.15) is 81.1 Å². The number of imidazole rings is 1. The number of H-pyrrole nitrogens is 4. The van der Waals surface area contributed by atoms with E-state index in [1.807, 2.05) is 12.0 Å². The summed E-state index contributed by atoms with van der Waals surface area (Å²) in [6, 6.07) is 35.4. The van der Waals surface area contributed by atoms with Crippen LogP contribution in [0.1, 0.15) is 91.6 Å². The van der Waals surface area contributed by atoms with Crippen LogP contribution in [0.5, 0.6) is 109 Å². The summed E-state index contributed by atoms with van der Waals surface area (Å²) in [6.07, 6.45) is 1.18. The fourth-order valence-electron chi connectivity index (χ4n) is 14.8. The molecule has 0 aliphatic carbocycles. The average Bonchev–Trinajstić information content (AvgIpc) is 1.58. The van der Waals surface area contributed by atoms with Crippen LogP contribution in [0.4, 0.5) is 10.2 Å². The van der Waals surface area contributed by atoms with E-state index in [2.05, 4.69) is 88.7 Å². The summed E-state index contributed by atoms with van der Waals surface area (Å²) in [6.45, 7) is 0.0646. The number of carboxylic acids is 1. The Balaban J connectivity index is 0.000000159. The average molecular weight is 2060 g/mol. The van der Waals surface area contributed by atoms with Crippen LogP contribution in [0.25, 0.3) is 54.5 Å². The summed E-state index contributed by atoms with van der Waals surface area (Å²) >= 11 is 7.00. The number of carbonyl (C=O) groups is 6. The second-order valence-electron chi connectivity index (χ2n) is 29.1. The van der Waals surface area contributed by atoms with Crippen molar-refractivity contribution < 1.29 is 133 Å². The fourth-order valence-corrected chi connectivity index (χ4v) is 16.1. The molecule has 6 heterocycles. The van der Waals surface area contributed by atoms with Gasteiger partial charge in [0.05, 0.1) is 173 Å². The van der Waals surface area contributed by atoms with Crippen LogP contribution in [0, 0.1) is 27.8 Å². The third-order valence-electron chi connectivity index (χ3n) is 21.7. The summed E-state index contributed by atoms with van der Waals surface area (Å²) < 4.78 is 118. The number of carboxylic acid groups (broad SMARTS) is 1. The maximum Gasteiger partial charge on any atom is 0.382 e. The monoisotopic (exact) mass is 2060 g/mol. The van der Waals surface area contributed by atoms with E-state index in [-0.39, 0.29) is 75.1 Å². The zero-order chi connectivity index (χ0) is 102. The minimum atomic E-state index is -1.29. The van der Waals surface area contributed by atoms with Crippen LogP contribution in [-0.4, -0.2) is 240 Å². The molecule has 10 aromatic carbocycles. The van der Waals surface area contributed by atoms with E-state index < -0.39 is 16.7 Å². The molecular weight excluding hydrogens is 1970 g/mol. The predicted octanol–water partition coefficient (Wildman–Crippen LogP) is 15.4. The number of fused-ring (bicyclic) bond motifs is 5. The van der Waals surface area contributed by atoms with Gasteiger partial charge in [-0.15, -0.1) is 0 Å². The first-order valence-corrected chi connectivity index (χ1v) is 42.8. The van der Waals surface area contributed by atoms with Crippen LogP contribution in [0.3, 0.4) is 0 Å². The summed E-state index contributed by atoms with van der Waals surface area (Å²) in [7, 11) is 29.9. The number of ether oxygens (including phenoxy) is 19.